The highest BCUT2D eigenvalue weighted by atomic mass is 15.2. The molecule has 1 aromatic rings. The number of para-hydroxylation sites is 1. The van der Waals surface area contributed by atoms with Crippen molar-refractivity contribution in [1.82, 2.24) is 0 Å². The van der Waals surface area contributed by atoms with Crippen LogP contribution in [0.5, 0.6) is 0 Å². The molecular weight excluding hydrogens is 302 g/mol. The zero-order valence-corrected chi connectivity index (χ0v) is 18.1. The standard InChI is InChI=1S/C15H21N.C5H10.2C2H6/c1-13-7-9-15(10-8-13)11-16(12-15)14-5-3-2-4-6-14;1-4-5(2)3;2*1-2/h2-6,13H,7-12H2,1H3;2,4H2,1,3H3;2*1-2H3. The van der Waals surface area contributed by atoms with E-state index in [9.17, 15) is 0 Å². The van der Waals surface area contributed by atoms with Gasteiger partial charge in [0.2, 0.25) is 0 Å². The van der Waals surface area contributed by atoms with Crippen LogP contribution in [0.1, 0.15) is 80.6 Å². The van der Waals surface area contributed by atoms with Gasteiger partial charge in [0, 0.05) is 24.2 Å². The molecule has 3 rings (SSSR count). The SMILES string of the molecule is C=C(C)CC.CC.CC.CC1CCC2(CC1)CN(c1ccccc1)C2. The Bertz CT molecular complexity index is 432. The summed E-state index contributed by atoms with van der Waals surface area (Å²) in [5, 5.41) is 0. The molecule has 1 aliphatic carbocycles. The molecule has 1 heteroatoms. The number of rotatable bonds is 2. The smallest absolute Gasteiger partial charge is 0.0366 e. The molecule has 0 amide bonds. The molecular formula is C24H43N. The Hall–Kier alpha value is -1.24. The number of benzene rings is 1. The van der Waals surface area contributed by atoms with Gasteiger partial charge >= 0.3 is 0 Å². The van der Waals surface area contributed by atoms with Gasteiger partial charge in [0.25, 0.3) is 0 Å². The molecule has 0 N–H and O–H groups in total. The van der Waals surface area contributed by atoms with E-state index in [4.69, 9.17) is 0 Å². The fourth-order valence-corrected chi connectivity index (χ4v) is 3.28. The highest BCUT2D eigenvalue weighted by molar-refractivity contribution is 5.49. The van der Waals surface area contributed by atoms with Crippen LogP contribution in [0.15, 0.2) is 42.5 Å². The van der Waals surface area contributed by atoms with Crippen LogP contribution in [-0.2, 0) is 0 Å². The monoisotopic (exact) mass is 345 g/mol. The van der Waals surface area contributed by atoms with Crippen molar-refractivity contribution in [3.63, 3.8) is 0 Å². The lowest BCUT2D eigenvalue weighted by Crippen LogP contribution is -2.57. The van der Waals surface area contributed by atoms with E-state index in [1.807, 2.05) is 34.6 Å². The Kier molecular flexibility index (Phi) is 12.4. The normalized spacial score (nSPS) is 17.6. The van der Waals surface area contributed by atoms with Gasteiger partial charge < -0.3 is 4.90 Å². The highest BCUT2D eigenvalue weighted by Gasteiger charge is 2.44. The first-order chi connectivity index (χ1) is 12.0. The van der Waals surface area contributed by atoms with Gasteiger partial charge in [0.05, 0.1) is 0 Å². The minimum Gasteiger partial charge on any atom is -0.370 e. The largest absolute Gasteiger partial charge is 0.370 e. The summed E-state index contributed by atoms with van der Waals surface area (Å²) in [6, 6.07) is 10.9. The fraction of sp³-hybridized carbons (Fsp3) is 0.667. The number of hydrogen-bond acceptors (Lipinski definition) is 1. The number of hydrogen-bond donors (Lipinski definition) is 0. The summed E-state index contributed by atoms with van der Waals surface area (Å²) in [6.45, 7) is 20.8. The Morgan fingerprint density at radius 2 is 1.48 bits per heavy atom. The van der Waals surface area contributed by atoms with E-state index in [0.717, 1.165) is 12.3 Å². The zero-order chi connectivity index (χ0) is 19.3. The maximum absolute atomic E-state index is 3.67. The molecule has 1 saturated heterocycles. The molecule has 1 heterocycles. The van der Waals surface area contributed by atoms with E-state index in [1.165, 1.54) is 50.0 Å². The molecule has 0 aromatic heterocycles. The first-order valence-electron chi connectivity index (χ1n) is 10.5. The quantitative estimate of drug-likeness (QED) is 0.496. The van der Waals surface area contributed by atoms with Gasteiger partial charge in [-0.1, -0.05) is 78.2 Å². The maximum atomic E-state index is 3.67. The van der Waals surface area contributed by atoms with Gasteiger partial charge in [-0.15, -0.1) is 6.58 Å². The van der Waals surface area contributed by atoms with Gasteiger partial charge in [0.1, 0.15) is 0 Å². The van der Waals surface area contributed by atoms with E-state index < -0.39 is 0 Å². The minimum absolute atomic E-state index is 0.683. The van der Waals surface area contributed by atoms with Crippen molar-refractivity contribution < 1.29 is 0 Å². The fourth-order valence-electron chi connectivity index (χ4n) is 3.28. The van der Waals surface area contributed by atoms with Crippen LogP contribution >= 0.6 is 0 Å². The summed E-state index contributed by atoms with van der Waals surface area (Å²) in [5.74, 6) is 0.969. The summed E-state index contributed by atoms with van der Waals surface area (Å²) in [4.78, 5) is 2.54. The minimum atomic E-state index is 0.683. The highest BCUT2D eigenvalue weighted by Crippen LogP contribution is 2.46. The van der Waals surface area contributed by atoms with E-state index in [0.29, 0.717) is 5.41 Å². The number of nitrogens with zero attached hydrogens (tertiary/aromatic N) is 1. The second kappa shape index (κ2) is 13.0. The number of anilines is 1. The molecule has 1 nitrogen and oxygen atoms in total. The molecule has 0 bridgehead atoms. The average molecular weight is 346 g/mol. The van der Waals surface area contributed by atoms with Crippen molar-refractivity contribution in [3.8, 4) is 0 Å². The van der Waals surface area contributed by atoms with Crippen molar-refractivity contribution in [2.24, 2.45) is 11.3 Å². The second-order valence-electron chi connectivity index (χ2n) is 7.18. The first kappa shape index (κ1) is 23.8. The van der Waals surface area contributed by atoms with E-state index in [2.05, 4.69) is 55.7 Å². The first-order valence-corrected chi connectivity index (χ1v) is 10.5. The second-order valence-corrected chi connectivity index (χ2v) is 7.18. The lowest BCUT2D eigenvalue weighted by atomic mass is 9.66. The summed E-state index contributed by atoms with van der Waals surface area (Å²) >= 11 is 0. The molecule has 0 unspecified atom stereocenters. The van der Waals surface area contributed by atoms with Crippen LogP contribution in [0.4, 0.5) is 5.69 Å². The van der Waals surface area contributed by atoms with Crippen molar-refractivity contribution in [2.75, 3.05) is 18.0 Å². The molecule has 0 radical (unpaired) electrons. The molecule has 1 aliphatic heterocycles. The van der Waals surface area contributed by atoms with Crippen LogP contribution in [0.2, 0.25) is 0 Å². The van der Waals surface area contributed by atoms with Gasteiger partial charge in [-0.2, -0.15) is 0 Å². The van der Waals surface area contributed by atoms with Crippen molar-refractivity contribution in [1.29, 1.82) is 0 Å². The molecule has 25 heavy (non-hydrogen) atoms. The molecule has 0 atom stereocenters. The molecule has 2 fully saturated rings. The molecule has 2 aliphatic rings. The zero-order valence-electron chi connectivity index (χ0n) is 18.1. The predicted octanol–water partition coefficient (Wildman–Crippen LogP) is 7.73. The maximum Gasteiger partial charge on any atom is 0.0366 e. The van der Waals surface area contributed by atoms with Crippen LogP contribution in [0.3, 0.4) is 0 Å². The van der Waals surface area contributed by atoms with Gasteiger partial charge in [-0.05, 0) is 44.2 Å². The van der Waals surface area contributed by atoms with Crippen molar-refractivity contribution >= 4 is 5.69 Å². The van der Waals surface area contributed by atoms with Gasteiger partial charge in [-0.3, -0.25) is 0 Å². The van der Waals surface area contributed by atoms with Gasteiger partial charge in [0.15, 0.2) is 0 Å². The average Bonchev–Trinajstić information content (AvgIpc) is 2.65. The third kappa shape index (κ3) is 8.12. The van der Waals surface area contributed by atoms with E-state index in [1.54, 1.807) is 0 Å². The van der Waals surface area contributed by atoms with Crippen LogP contribution < -0.4 is 4.90 Å². The van der Waals surface area contributed by atoms with Crippen molar-refractivity contribution in [3.05, 3.63) is 42.5 Å². The molecule has 1 saturated carbocycles. The van der Waals surface area contributed by atoms with Crippen molar-refractivity contribution in [2.45, 2.75) is 80.6 Å². The van der Waals surface area contributed by atoms with Crippen LogP contribution in [0, 0.1) is 11.3 Å². The molecule has 1 spiro atoms. The van der Waals surface area contributed by atoms with E-state index in [-0.39, 0.29) is 0 Å². The molecule has 1 aromatic carbocycles. The third-order valence-electron chi connectivity index (χ3n) is 5.11. The Morgan fingerprint density at radius 1 is 1.04 bits per heavy atom. The lowest BCUT2D eigenvalue weighted by Gasteiger charge is -2.54. The van der Waals surface area contributed by atoms with E-state index >= 15 is 0 Å². The molecule has 144 valence electrons. The van der Waals surface area contributed by atoms with Crippen LogP contribution in [-0.4, -0.2) is 13.1 Å². The number of allylic oxidation sites excluding steroid dienone is 1. The predicted molar refractivity (Wildman–Crippen MR) is 117 cm³/mol. The summed E-state index contributed by atoms with van der Waals surface area (Å²) in [6.07, 6.45) is 6.92. The summed E-state index contributed by atoms with van der Waals surface area (Å²) < 4.78 is 0. The van der Waals surface area contributed by atoms with Gasteiger partial charge in [-0.25, -0.2) is 0 Å². The Balaban J connectivity index is 0.000000549. The summed E-state index contributed by atoms with van der Waals surface area (Å²) in [7, 11) is 0. The topological polar surface area (TPSA) is 3.24 Å². The Labute approximate surface area is 158 Å². The summed E-state index contributed by atoms with van der Waals surface area (Å²) in [5.41, 5.74) is 3.35. The third-order valence-corrected chi connectivity index (χ3v) is 5.11. The van der Waals surface area contributed by atoms with Crippen LogP contribution in [0.25, 0.3) is 0 Å². The Morgan fingerprint density at radius 3 is 1.88 bits per heavy atom. The lowest BCUT2D eigenvalue weighted by molar-refractivity contribution is 0.114.